The predicted molar refractivity (Wildman–Crippen MR) is 55.4 cm³/mol. The molecule has 0 unspecified atom stereocenters. The zero-order valence-corrected chi connectivity index (χ0v) is 9.21. The lowest BCUT2D eigenvalue weighted by Gasteiger charge is -1.89. The van der Waals surface area contributed by atoms with Crippen molar-refractivity contribution >= 4 is 23.2 Å². The number of aromatic nitrogens is 4. The molecule has 0 fully saturated rings. The van der Waals surface area contributed by atoms with E-state index in [0.717, 1.165) is 22.4 Å². The minimum atomic E-state index is -1.46. The molecule has 2 rings (SSSR count). The molecule has 0 bridgehead atoms. The molecule has 0 saturated heterocycles. The van der Waals surface area contributed by atoms with Crippen molar-refractivity contribution in [1.82, 2.24) is 19.1 Å². The highest BCUT2D eigenvalue weighted by molar-refractivity contribution is 7.08. The molecule has 0 amide bonds. The second-order valence-electron chi connectivity index (χ2n) is 2.99. The smallest absolute Gasteiger partial charge is 0.363 e. The molecule has 0 saturated carbocycles. The first-order chi connectivity index (χ1) is 7.99. The summed E-state index contributed by atoms with van der Waals surface area (Å²) in [4.78, 5) is 24.5. The van der Waals surface area contributed by atoms with E-state index in [2.05, 4.69) is 14.5 Å². The number of hydrogen-bond donors (Lipinski definition) is 1. The third kappa shape index (κ3) is 1.97. The quantitative estimate of drug-likeness (QED) is 0.630. The number of carboxylic acids is 1. The maximum atomic E-state index is 10.8. The van der Waals surface area contributed by atoms with Crippen LogP contribution in [0.1, 0.15) is 16.3 Å². The second kappa shape index (κ2) is 3.90. The average Bonchev–Trinajstić information content (AvgIpc) is 2.82. The van der Waals surface area contributed by atoms with E-state index < -0.39 is 22.3 Å². The molecule has 2 aromatic rings. The number of carbonyl (C=O) groups is 1. The topological polar surface area (TPSA) is 124 Å². The molecule has 0 atom stereocenters. The van der Waals surface area contributed by atoms with Gasteiger partial charge in [-0.1, -0.05) is 0 Å². The SMILES string of the molecule is Cc1nsc(-n2cc([N+](=O)[O-])c(C(=O)O)n2)n1. The van der Waals surface area contributed by atoms with Crippen LogP contribution in [0, 0.1) is 17.0 Å². The van der Waals surface area contributed by atoms with Crippen molar-refractivity contribution in [2.45, 2.75) is 6.92 Å². The van der Waals surface area contributed by atoms with Crippen LogP contribution in [0.3, 0.4) is 0 Å². The van der Waals surface area contributed by atoms with Gasteiger partial charge in [-0.15, -0.1) is 0 Å². The molecule has 88 valence electrons. The fourth-order valence-corrected chi connectivity index (χ4v) is 1.73. The van der Waals surface area contributed by atoms with Gasteiger partial charge in [0, 0.05) is 11.5 Å². The van der Waals surface area contributed by atoms with Crippen LogP contribution >= 0.6 is 11.5 Å². The summed E-state index contributed by atoms with van der Waals surface area (Å²) in [5.41, 5.74) is -1.20. The Labute approximate surface area is 97.7 Å². The van der Waals surface area contributed by atoms with Gasteiger partial charge in [-0.25, -0.2) is 14.5 Å². The number of aromatic carboxylic acids is 1. The van der Waals surface area contributed by atoms with Crippen molar-refractivity contribution in [3.8, 4) is 5.13 Å². The van der Waals surface area contributed by atoms with Gasteiger partial charge in [0.05, 0.1) is 4.92 Å². The van der Waals surface area contributed by atoms with Crippen LogP contribution < -0.4 is 0 Å². The van der Waals surface area contributed by atoms with Gasteiger partial charge in [-0.2, -0.15) is 9.47 Å². The summed E-state index contributed by atoms with van der Waals surface area (Å²) < 4.78 is 4.91. The summed E-state index contributed by atoms with van der Waals surface area (Å²) in [6.45, 7) is 1.65. The van der Waals surface area contributed by atoms with Crippen LogP contribution in [0.5, 0.6) is 0 Å². The molecule has 2 heterocycles. The van der Waals surface area contributed by atoms with Crippen LogP contribution in [-0.2, 0) is 0 Å². The Hall–Kier alpha value is -2.36. The lowest BCUT2D eigenvalue weighted by Crippen LogP contribution is -2.02. The summed E-state index contributed by atoms with van der Waals surface area (Å²) in [5.74, 6) is -0.975. The van der Waals surface area contributed by atoms with E-state index in [-0.39, 0.29) is 5.13 Å². The Bertz CT molecular complexity index is 572. The number of rotatable bonds is 3. The van der Waals surface area contributed by atoms with Crippen LogP contribution in [-0.4, -0.2) is 35.1 Å². The van der Waals surface area contributed by atoms with Crippen molar-refractivity contribution in [1.29, 1.82) is 0 Å². The van der Waals surface area contributed by atoms with Crippen LogP contribution in [0.2, 0.25) is 0 Å². The number of nitro groups is 1. The maximum Gasteiger partial charge on any atom is 0.363 e. The molecule has 10 heteroatoms. The fourth-order valence-electron chi connectivity index (χ4n) is 1.13. The molecule has 0 aliphatic carbocycles. The standard InChI is InChI=1S/C7H5N5O4S/c1-3-8-7(17-10-3)11-2-4(12(15)16)5(9-11)6(13)14/h2H,1H3,(H,13,14). The normalized spacial score (nSPS) is 10.4. The minimum absolute atomic E-state index is 0.276. The summed E-state index contributed by atoms with van der Waals surface area (Å²) in [6.07, 6.45) is 1.00. The zero-order chi connectivity index (χ0) is 12.6. The monoisotopic (exact) mass is 255 g/mol. The Morgan fingerprint density at radius 3 is 2.76 bits per heavy atom. The summed E-state index contributed by atoms with van der Waals surface area (Å²) in [7, 11) is 0. The Morgan fingerprint density at radius 2 is 2.35 bits per heavy atom. The summed E-state index contributed by atoms with van der Waals surface area (Å²) in [5, 5.41) is 23.3. The molecular weight excluding hydrogens is 250 g/mol. The molecule has 0 aliphatic heterocycles. The third-order valence-corrected chi connectivity index (χ3v) is 2.60. The minimum Gasteiger partial charge on any atom is -0.476 e. The Morgan fingerprint density at radius 1 is 1.65 bits per heavy atom. The van der Waals surface area contributed by atoms with Gasteiger partial charge >= 0.3 is 11.7 Å². The zero-order valence-electron chi connectivity index (χ0n) is 8.39. The third-order valence-electron chi connectivity index (χ3n) is 1.81. The average molecular weight is 255 g/mol. The molecule has 9 nitrogen and oxygen atoms in total. The van der Waals surface area contributed by atoms with Gasteiger partial charge in [0.2, 0.25) is 10.8 Å². The molecular formula is C7H5N5O4S. The van der Waals surface area contributed by atoms with Gasteiger partial charge in [-0.05, 0) is 6.92 Å². The van der Waals surface area contributed by atoms with E-state index >= 15 is 0 Å². The Balaban J connectivity index is 2.54. The van der Waals surface area contributed by atoms with E-state index in [1.54, 1.807) is 6.92 Å². The number of nitrogens with zero attached hydrogens (tertiary/aromatic N) is 5. The molecule has 17 heavy (non-hydrogen) atoms. The Kier molecular flexibility index (Phi) is 2.55. The molecule has 0 aliphatic rings. The lowest BCUT2D eigenvalue weighted by molar-refractivity contribution is -0.385. The fraction of sp³-hybridized carbons (Fsp3) is 0.143. The summed E-state index contributed by atoms with van der Waals surface area (Å²) >= 11 is 0.972. The molecule has 0 aromatic carbocycles. The molecule has 0 radical (unpaired) electrons. The van der Waals surface area contributed by atoms with Crippen LogP contribution in [0.15, 0.2) is 6.20 Å². The van der Waals surface area contributed by atoms with E-state index in [4.69, 9.17) is 5.11 Å². The van der Waals surface area contributed by atoms with Crippen LogP contribution in [0.4, 0.5) is 5.69 Å². The number of aryl methyl sites for hydroxylation is 1. The molecule has 1 N–H and O–H groups in total. The summed E-state index contributed by atoms with van der Waals surface area (Å²) in [6, 6.07) is 0. The first-order valence-electron chi connectivity index (χ1n) is 4.27. The lowest BCUT2D eigenvalue weighted by atomic mass is 10.4. The van der Waals surface area contributed by atoms with Crippen molar-refractivity contribution < 1.29 is 14.8 Å². The maximum absolute atomic E-state index is 10.8. The van der Waals surface area contributed by atoms with E-state index in [9.17, 15) is 14.9 Å². The molecule has 2 aromatic heterocycles. The van der Waals surface area contributed by atoms with Crippen molar-refractivity contribution in [3.05, 3.63) is 27.8 Å². The van der Waals surface area contributed by atoms with Gasteiger partial charge in [0.25, 0.3) is 0 Å². The first-order valence-corrected chi connectivity index (χ1v) is 5.04. The largest absolute Gasteiger partial charge is 0.476 e. The van der Waals surface area contributed by atoms with E-state index in [1.165, 1.54) is 0 Å². The van der Waals surface area contributed by atoms with Gasteiger partial charge in [0.15, 0.2) is 0 Å². The van der Waals surface area contributed by atoms with Crippen molar-refractivity contribution in [2.75, 3.05) is 0 Å². The molecule has 0 spiro atoms. The first kappa shape index (κ1) is 11.1. The number of hydrogen-bond acceptors (Lipinski definition) is 7. The highest BCUT2D eigenvalue weighted by Crippen LogP contribution is 2.20. The van der Waals surface area contributed by atoms with Gasteiger partial charge in [0.1, 0.15) is 12.0 Å². The highest BCUT2D eigenvalue weighted by atomic mass is 32.1. The van der Waals surface area contributed by atoms with E-state index in [1.807, 2.05) is 0 Å². The van der Waals surface area contributed by atoms with Crippen molar-refractivity contribution in [2.24, 2.45) is 0 Å². The van der Waals surface area contributed by atoms with Gasteiger partial charge < -0.3 is 5.11 Å². The second-order valence-corrected chi connectivity index (χ2v) is 3.72. The number of carboxylic acid groups (broad SMARTS) is 1. The highest BCUT2D eigenvalue weighted by Gasteiger charge is 2.26. The van der Waals surface area contributed by atoms with Crippen molar-refractivity contribution in [3.63, 3.8) is 0 Å². The predicted octanol–water partition coefficient (Wildman–Crippen LogP) is 0.639. The van der Waals surface area contributed by atoms with Gasteiger partial charge in [-0.3, -0.25) is 10.1 Å². The van der Waals surface area contributed by atoms with E-state index in [0.29, 0.717) is 5.82 Å². The van der Waals surface area contributed by atoms with Crippen LogP contribution in [0.25, 0.3) is 5.13 Å².